The van der Waals surface area contributed by atoms with Crippen LogP contribution in [-0.4, -0.2) is 21.0 Å². The van der Waals surface area contributed by atoms with Gasteiger partial charge in [0.15, 0.2) is 5.69 Å². The molecule has 0 aliphatic heterocycles. The van der Waals surface area contributed by atoms with Crippen LogP contribution in [0.3, 0.4) is 0 Å². The van der Waals surface area contributed by atoms with Crippen LogP contribution in [-0.2, 0) is 6.61 Å². The first-order valence-corrected chi connectivity index (χ1v) is 7.05. The Labute approximate surface area is 133 Å². The maximum absolute atomic E-state index is 10.9. The van der Waals surface area contributed by atoms with E-state index in [-0.39, 0.29) is 5.69 Å². The van der Waals surface area contributed by atoms with Crippen molar-refractivity contribution in [2.75, 3.05) is 0 Å². The molecule has 1 aromatic heterocycles. The minimum absolute atomic E-state index is 0.0283. The molecule has 0 saturated heterocycles. The van der Waals surface area contributed by atoms with Gasteiger partial charge in [0.2, 0.25) is 0 Å². The number of aromatic nitrogens is 2. The Morgan fingerprint density at radius 1 is 1.00 bits per heavy atom. The van der Waals surface area contributed by atoms with E-state index in [0.717, 1.165) is 16.9 Å². The summed E-state index contributed by atoms with van der Waals surface area (Å²) in [7, 11) is 0. The summed E-state index contributed by atoms with van der Waals surface area (Å²) in [5, 5.41) is 8.97. The number of hydrogen-bond donors (Lipinski definition) is 1. The Kier molecular flexibility index (Phi) is 4.29. The third kappa shape index (κ3) is 3.71. The molecule has 23 heavy (non-hydrogen) atoms. The van der Waals surface area contributed by atoms with Crippen molar-refractivity contribution in [3.8, 4) is 17.0 Å². The zero-order valence-corrected chi connectivity index (χ0v) is 12.2. The molecule has 5 nitrogen and oxygen atoms in total. The molecular formula is C18H14N2O3. The van der Waals surface area contributed by atoms with E-state index in [1.165, 1.54) is 12.4 Å². The fourth-order valence-corrected chi connectivity index (χ4v) is 2.09. The number of carboxylic acids is 1. The molecule has 1 heterocycles. The molecule has 0 aliphatic rings. The van der Waals surface area contributed by atoms with Crippen LogP contribution in [0.2, 0.25) is 0 Å². The van der Waals surface area contributed by atoms with E-state index in [1.54, 1.807) is 0 Å². The van der Waals surface area contributed by atoms with E-state index < -0.39 is 5.97 Å². The fraction of sp³-hybridized carbons (Fsp3) is 0.0556. The highest BCUT2D eigenvalue weighted by Gasteiger charge is 2.07. The zero-order valence-electron chi connectivity index (χ0n) is 12.2. The summed E-state index contributed by atoms with van der Waals surface area (Å²) in [5.41, 5.74) is 2.44. The summed E-state index contributed by atoms with van der Waals surface area (Å²) in [4.78, 5) is 18.8. The van der Waals surface area contributed by atoms with Crippen LogP contribution < -0.4 is 4.74 Å². The lowest BCUT2D eigenvalue weighted by Gasteiger charge is -2.07. The largest absolute Gasteiger partial charge is 0.489 e. The first-order chi connectivity index (χ1) is 11.2. The molecule has 0 saturated carbocycles. The molecular weight excluding hydrogens is 292 g/mol. The summed E-state index contributed by atoms with van der Waals surface area (Å²) >= 11 is 0. The van der Waals surface area contributed by atoms with Gasteiger partial charge in [0.1, 0.15) is 18.7 Å². The van der Waals surface area contributed by atoms with Crippen LogP contribution >= 0.6 is 0 Å². The molecule has 0 bridgehead atoms. The van der Waals surface area contributed by atoms with Gasteiger partial charge in [0, 0.05) is 5.56 Å². The Morgan fingerprint density at radius 3 is 2.43 bits per heavy atom. The number of rotatable bonds is 5. The first-order valence-electron chi connectivity index (χ1n) is 7.05. The minimum Gasteiger partial charge on any atom is -0.489 e. The third-order valence-corrected chi connectivity index (χ3v) is 3.28. The van der Waals surface area contributed by atoms with Gasteiger partial charge in [-0.3, -0.25) is 0 Å². The van der Waals surface area contributed by atoms with Gasteiger partial charge in [-0.15, -0.1) is 0 Å². The second kappa shape index (κ2) is 6.70. The SMILES string of the molecule is O=C(O)c1cc(-c2ccc(OCc3ccccc3)cc2)ncn1. The molecule has 5 heteroatoms. The average Bonchev–Trinajstić information content (AvgIpc) is 2.61. The summed E-state index contributed by atoms with van der Waals surface area (Å²) in [6, 6.07) is 18.7. The van der Waals surface area contributed by atoms with Gasteiger partial charge in [0.25, 0.3) is 0 Å². The monoisotopic (exact) mass is 306 g/mol. The average molecular weight is 306 g/mol. The summed E-state index contributed by atoms with van der Waals surface area (Å²) in [6.45, 7) is 0.497. The van der Waals surface area contributed by atoms with E-state index in [2.05, 4.69) is 9.97 Å². The van der Waals surface area contributed by atoms with Gasteiger partial charge in [-0.05, 0) is 35.9 Å². The lowest BCUT2D eigenvalue weighted by atomic mass is 10.1. The number of carboxylic acid groups (broad SMARTS) is 1. The van der Waals surface area contributed by atoms with Crippen molar-refractivity contribution in [2.24, 2.45) is 0 Å². The van der Waals surface area contributed by atoms with Crippen LogP contribution in [0.1, 0.15) is 16.1 Å². The van der Waals surface area contributed by atoms with Gasteiger partial charge < -0.3 is 9.84 Å². The predicted molar refractivity (Wildman–Crippen MR) is 85.2 cm³/mol. The smallest absolute Gasteiger partial charge is 0.354 e. The molecule has 0 spiro atoms. The molecule has 0 radical (unpaired) electrons. The number of aromatic carboxylic acids is 1. The Bertz CT molecular complexity index is 802. The highest BCUT2D eigenvalue weighted by Crippen LogP contribution is 2.21. The predicted octanol–water partition coefficient (Wildman–Crippen LogP) is 3.42. The Hall–Kier alpha value is -3.21. The quantitative estimate of drug-likeness (QED) is 0.782. The van der Waals surface area contributed by atoms with E-state index in [9.17, 15) is 4.79 Å². The molecule has 0 atom stereocenters. The second-order valence-electron chi connectivity index (χ2n) is 4.89. The van der Waals surface area contributed by atoms with Crippen molar-refractivity contribution >= 4 is 5.97 Å². The number of hydrogen-bond acceptors (Lipinski definition) is 4. The van der Waals surface area contributed by atoms with Gasteiger partial charge >= 0.3 is 5.97 Å². The highest BCUT2D eigenvalue weighted by molar-refractivity contribution is 5.86. The number of ether oxygens (including phenoxy) is 1. The summed E-state index contributed by atoms with van der Waals surface area (Å²) in [6.07, 6.45) is 1.25. The standard InChI is InChI=1S/C18H14N2O3/c21-18(22)17-10-16(19-12-20-17)14-6-8-15(9-7-14)23-11-13-4-2-1-3-5-13/h1-10,12H,11H2,(H,21,22). The van der Waals surface area contributed by atoms with E-state index in [0.29, 0.717) is 12.3 Å². The first kappa shape index (κ1) is 14.7. The van der Waals surface area contributed by atoms with Crippen LogP contribution in [0.25, 0.3) is 11.3 Å². The molecule has 1 N–H and O–H groups in total. The van der Waals surface area contributed by atoms with E-state index in [1.807, 2.05) is 54.6 Å². The van der Waals surface area contributed by atoms with Crippen molar-refractivity contribution in [3.05, 3.63) is 78.2 Å². The van der Waals surface area contributed by atoms with Crippen LogP contribution in [0.15, 0.2) is 67.0 Å². The fourth-order valence-electron chi connectivity index (χ4n) is 2.09. The number of carbonyl (C=O) groups is 1. The van der Waals surface area contributed by atoms with Gasteiger partial charge in [-0.1, -0.05) is 30.3 Å². The lowest BCUT2D eigenvalue weighted by Crippen LogP contribution is -2.01. The number of benzene rings is 2. The minimum atomic E-state index is -1.07. The highest BCUT2D eigenvalue weighted by atomic mass is 16.5. The van der Waals surface area contributed by atoms with Gasteiger partial charge in [-0.2, -0.15) is 0 Å². The maximum Gasteiger partial charge on any atom is 0.354 e. The normalized spacial score (nSPS) is 10.3. The Balaban J connectivity index is 1.72. The molecule has 0 unspecified atom stereocenters. The van der Waals surface area contributed by atoms with Crippen molar-refractivity contribution in [1.29, 1.82) is 0 Å². The van der Waals surface area contributed by atoms with E-state index >= 15 is 0 Å². The van der Waals surface area contributed by atoms with Crippen LogP contribution in [0, 0.1) is 0 Å². The molecule has 3 aromatic rings. The Morgan fingerprint density at radius 2 is 1.74 bits per heavy atom. The molecule has 2 aromatic carbocycles. The summed E-state index contributed by atoms with van der Waals surface area (Å²) < 4.78 is 5.72. The van der Waals surface area contributed by atoms with Gasteiger partial charge in [-0.25, -0.2) is 14.8 Å². The molecule has 3 rings (SSSR count). The lowest BCUT2D eigenvalue weighted by molar-refractivity contribution is 0.0690. The van der Waals surface area contributed by atoms with Crippen molar-refractivity contribution in [2.45, 2.75) is 6.61 Å². The van der Waals surface area contributed by atoms with Gasteiger partial charge in [0.05, 0.1) is 5.69 Å². The van der Waals surface area contributed by atoms with Crippen molar-refractivity contribution in [3.63, 3.8) is 0 Å². The van der Waals surface area contributed by atoms with Crippen molar-refractivity contribution < 1.29 is 14.6 Å². The van der Waals surface area contributed by atoms with E-state index in [4.69, 9.17) is 9.84 Å². The zero-order chi connectivity index (χ0) is 16.1. The second-order valence-corrected chi connectivity index (χ2v) is 4.89. The third-order valence-electron chi connectivity index (χ3n) is 3.28. The summed E-state index contributed by atoms with van der Waals surface area (Å²) in [5.74, 6) is -0.332. The molecule has 0 amide bonds. The molecule has 114 valence electrons. The van der Waals surface area contributed by atoms with Crippen LogP contribution in [0.4, 0.5) is 0 Å². The topological polar surface area (TPSA) is 72.3 Å². The van der Waals surface area contributed by atoms with Crippen molar-refractivity contribution in [1.82, 2.24) is 9.97 Å². The number of nitrogens with zero attached hydrogens (tertiary/aromatic N) is 2. The van der Waals surface area contributed by atoms with Crippen LogP contribution in [0.5, 0.6) is 5.75 Å². The molecule has 0 aliphatic carbocycles. The maximum atomic E-state index is 10.9. The molecule has 0 fully saturated rings.